The van der Waals surface area contributed by atoms with E-state index in [1.54, 1.807) is 11.0 Å². The average Bonchev–Trinajstić information content (AvgIpc) is 3.00. The van der Waals surface area contributed by atoms with Gasteiger partial charge in [0, 0.05) is 0 Å². The molecular formula is C21H20F3N3O. The third-order valence-corrected chi connectivity index (χ3v) is 7.09. The highest BCUT2D eigenvalue weighted by Gasteiger charge is 2.68. The molecule has 0 N–H and O–H groups in total. The summed E-state index contributed by atoms with van der Waals surface area (Å²) in [5.74, 6) is -1.46. The number of rotatable bonds is 2. The van der Waals surface area contributed by atoms with Gasteiger partial charge in [-0.05, 0) is 47.9 Å². The number of hydrogen-bond donors (Lipinski definition) is 0. The van der Waals surface area contributed by atoms with Gasteiger partial charge >= 0.3 is 0 Å². The van der Waals surface area contributed by atoms with Crippen LogP contribution in [0.25, 0.3) is 11.3 Å². The molecule has 4 nitrogen and oxygen atoms in total. The molecule has 1 saturated heterocycles. The molecule has 2 aromatic rings. The van der Waals surface area contributed by atoms with Gasteiger partial charge in [0.2, 0.25) is 5.91 Å². The predicted octanol–water partition coefficient (Wildman–Crippen LogP) is 3.76. The zero-order valence-electron chi connectivity index (χ0n) is 15.7. The Hall–Kier alpha value is -2.44. The van der Waals surface area contributed by atoms with Crippen LogP contribution in [0.2, 0.25) is 0 Å². The van der Waals surface area contributed by atoms with Gasteiger partial charge in [0.1, 0.15) is 17.8 Å². The van der Waals surface area contributed by atoms with Gasteiger partial charge in [-0.3, -0.25) is 4.79 Å². The number of benzene rings is 1. The molecule has 1 aliphatic heterocycles. The standard InChI is InChI=1S/C21H20F3N3O/c1-20(2)13-6-7-21(20,19(28)27-9-11(22)10-27)18-12(13)8-16(25-26-18)17-14(23)4-3-5-15(17)24/h3-5,8,11,13H,6-7,9-10H2,1-2H3/t13-,21+/m1/s1. The van der Waals surface area contributed by atoms with E-state index in [9.17, 15) is 18.0 Å². The first-order chi connectivity index (χ1) is 13.3. The fourth-order valence-corrected chi connectivity index (χ4v) is 5.52. The smallest absolute Gasteiger partial charge is 0.235 e. The molecule has 0 spiro atoms. The van der Waals surface area contributed by atoms with Gasteiger partial charge in [0.05, 0.1) is 35.5 Å². The first kappa shape index (κ1) is 17.6. The van der Waals surface area contributed by atoms with E-state index in [1.165, 1.54) is 18.2 Å². The number of amides is 1. The largest absolute Gasteiger partial charge is 0.336 e. The second kappa shape index (κ2) is 5.55. The van der Waals surface area contributed by atoms with Gasteiger partial charge < -0.3 is 4.90 Å². The summed E-state index contributed by atoms with van der Waals surface area (Å²) < 4.78 is 41.8. The van der Waals surface area contributed by atoms with Gasteiger partial charge in [-0.15, -0.1) is 5.10 Å². The molecule has 1 aromatic heterocycles. The van der Waals surface area contributed by atoms with Crippen molar-refractivity contribution in [2.75, 3.05) is 13.1 Å². The Kier molecular flexibility index (Phi) is 3.50. The van der Waals surface area contributed by atoms with Gasteiger partial charge in [-0.1, -0.05) is 19.9 Å². The molecule has 2 atom stereocenters. The third kappa shape index (κ3) is 1.99. The van der Waals surface area contributed by atoms with Crippen molar-refractivity contribution in [3.63, 3.8) is 0 Å². The van der Waals surface area contributed by atoms with Crippen molar-refractivity contribution < 1.29 is 18.0 Å². The monoisotopic (exact) mass is 387 g/mol. The van der Waals surface area contributed by atoms with E-state index in [4.69, 9.17) is 0 Å². The van der Waals surface area contributed by atoms with Crippen LogP contribution in [0.4, 0.5) is 13.2 Å². The van der Waals surface area contributed by atoms with E-state index in [0.717, 1.165) is 12.0 Å². The highest BCUT2D eigenvalue weighted by atomic mass is 19.1. The Morgan fingerprint density at radius 1 is 1.18 bits per heavy atom. The van der Waals surface area contributed by atoms with Crippen LogP contribution in [0, 0.1) is 17.0 Å². The fourth-order valence-electron chi connectivity index (χ4n) is 5.52. The lowest BCUT2D eigenvalue weighted by Gasteiger charge is -2.44. The SMILES string of the molecule is CC1(C)[C@@H]2CC[C@@]1(C(=O)N1CC(F)C1)c1nnc(-c3c(F)cccc3F)cc12. The predicted molar refractivity (Wildman–Crippen MR) is 96.3 cm³/mol. The molecule has 146 valence electrons. The molecule has 2 fully saturated rings. The lowest BCUT2D eigenvalue weighted by molar-refractivity contribution is -0.148. The highest BCUT2D eigenvalue weighted by Crippen LogP contribution is 2.68. The van der Waals surface area contributed by atoms with E-state index < -0.39 is 28.6 Å². The van der Waals surface area contributed by atoms with Crippen LogP contribution in [-0.2, 0) is 10.2 Å². The topological polar surface area (TPSA) is 46.1 Å². The van der Waals surface area contributed by atoms with Crippen molar-refractivity contribution in [2.45, 2.75) is 44.2 Å². The first-order valence-corrected chi connectivity index (χ1v) is 9.53. The summed E-state index contributed by atoms with van der Waals surface area (Å²) in [7, 11) is 0. The molecule has 2 aliphatic carbocycles. The Labute approximate surface area is 160 Å². The summed E-state index contributed by atoms with van der Waals surface area (Å²) in [4.78, 5) is 14.9. The normalized spacial score (nSPS) is 27.6. The molecule has 1 saturated carbocycles. The molecule has 2 bridgehead atoms. The van der Waals surface area contributed by atoms with Crippen LogP contribution in [0.1, 0.15) is 43.9 Å². The summed E-state index contributed by atoms with van der Waals surface area (Å²) >= 11 is 0. The van der Waals surface area contributed by atoms with Crippen LogP contribution < -0.4 is 0 Å². The number of hydrogen-bond acceptors (Lipinski definition) is 3. The molecule has 0 radical (unpaired) electrons. The van der Waals surface area contributed by atoms with Gasteiger partial charge in [-0.25, -0.2) is 13.2 Å². The lowest BCUT2D eigenvalue weighted by atomic mass is 9.67. The average molecular weight is 387 g/mol. The zero-order chi connectivity index (χ0) is 19.8. The number of alkyl halides is 1. The quantitative estimate of drug-likeness (QED) is 0.788. The van der Waals surface area contributed by atoms with E-state index in [0.29, 0.717) is 12.1 Å². The summed E-state index contributed by atoms with van der Waals surface area (Å²) in [5.41, 5.74) is 0.0624. The fraction of sp³-hybridized carbons (Fsp3) is 0.476. The lowest BCUT2D eigenvalue weighted by Crippen LogP contribution is -2.60. The number of carbonyl (C=O) groups is 1. The molecule has 28 heavy (non-hydrogen) atoms. The van der Waals surface area contributed by atoms with Crippen molar-refractivity contribution in [1.82, 2.24) is 15.1 Å². The number of nitrogens with zero attached hydrogens (tertiary/aromatic N) is 3. The number of carbonyl (C=O) groups excluding carboxylic acids is 1. The van der Waals surface area contributed by atoms with Crippen LogP contribution in [0.15, 0.2) is 24.3 Å². The summed E-state index contributed by atoms with van der Waals surface area (Å²) in [6.45, 7) is 4.28. The third-order valence-electron chi connectivity index (χ3n) is 7.09. The van der Waals surface area contributed by atoms with Crippen molar-refractivity contribution in [1.29, 1.82) is 0 Å². The molecular weight excluding hydrogens is 367 g/mol. The van der Waals surface area contributed by atoms with E-state index in [-0.39, 0.29) is 36.2 Å². The maximum absolute atomic E-state index is 14.2. The summed E-state index contributed by atoms with van der Waals surface area (Å²) in [5, 5.41) is 8.42. The Morgan fingerprint density at radius 2 is 1.86 bits per heavy atom. The van der Waals surface area contributed by atoms with Gasteiger partial charge in [0.15, 0.2) is 0 Å². The Balaban J connectivity index is 1.64. The van der Waals surface area contributed by atoms with Crippen LogP contribution in [-0.4, -0.2) is 40.3 Å². The zero-order valence-corrected chi connectivity index (χ0v) is 15.7. The van der Waals surface area contributed by atoms with Gasteiger partial charge in [0.25, 0.3) is 0 Å². The Morgan fingerprint density at radius 3 is 2.50 bits per heavy atom. The molecule has 1 amide bonds. The van der Waals surface area contributed by atoms with E-state index >= 15 is 0 Å². The second-order valence-electron chi connectivity index (χ2n) is 8.66. The van der Waals surface area contributed by atoms with Crippen molar-refractivity contribution >= 4 is 5.91 Å². The number of fused-ring (bicyclic) bond motifs is 5. The minimum Gasteiger partial charge on any atom is -0.336 e. The minimum atomic E-state index is -0.973. The number of aromatic nitrogens is 2. The number of halogens is 3. The van der Waals surface area contributed by atoms with E-state index in [2.05, 4.69) is 10.2 Å². The number of likely N-dealkylation sites (tertiary alicyclic amines) is 1. The van der Waals surface area contributed by atoms with E-state index in [1.807, 2.05) is 13.8 Å². The van der Waals surface area contributed by atoms with Crippen LogP contribution >= 0.6 is 0 Å². The van der Waals surface area contributed by atoms with Crippen molar-refractivity contribution in [3.05, 3.63) is 47.2 Å². The molecule has 7 heteroatoms. The second-order valence-corrected chi connectivity index (χ2v) is 8.66. The summed E-state index contributed by atoms with van der Waals surface area (Å²) in [6.07, 6.45) is 0.439. The maximum atomic E-state index is 14.2. The van der Waals surface area contributed by atoms with Crippen LogP contribution in [0.3, 0.4) is 0 Å². The van der Waals surface area contributed by atoms with Crippen molar-refractivity contribution in [3.8, 4) is 11.3 Å². The molecule has 3 aliphatic rings. The Bertz CT molecular complexity index is 982. The highest BCUT2D eigenvalue weighted by molar-refractivity contribution is 5.92. The maximum Gasteiger partial charge on any atom is 0.235 e. The first-order valence-electron chi connectivity index (χ1n) is 9.53. The van der Waals surface area contributed by atoms with Gasteiger partial charge in [-0.2, -0.15) is 5.10 Å². The molecule has 2 heterocycles. The molecule has 5 rings (SSSR count). The minimum absolute atomic E-state index is 0.0398. The summed E-state index contributed by atoms with van der Waals surface area (Å²) in [6, 6.07) is 5.36. The van der Waals surface area contributed by atoms with Crippen molar-refractivity contribution in [2.24, 2.45) is 5.41 Å². The van der Waals surface area contributed by atoms with Crippen LogP contribution in [0.5, 0.6) is 0 Å². The molecule has 1 aromatic carbocycles. The molecule has 0 unspecified atom stereocenters.